The third-order valence-corrected chi connectivity index (χ3v) is 4.29. The van der Waals surface area contributed by atoms with E-state index in [0.29, 0.717) is 6.04 Å². The van der Waals surface area contributed by atoms with Crippen LogP contribution in [0.2, 0.25) is 0 Å². The minimum absolute atomic E-state index is 0.00464. The molecule has 1 aromatic heterocycles. The van der Waals surface area contributed by atoms with Crippen LogP contribution >= 0.6 is 11.3 Å². The first-order valence-electron chi connectivity index (χ1n) is 6.03. The Hall–Kier alpha value is -0.380. The van der Waals surface area contributed by atoms with E-state index in [4.69, 9.17) is 0 Å². The molecule has 92 valence electrons. The smallest absolute Gasteiger partial charge is 0.0496 e. The van der Waals surface area contributed by atoms with E-state index in [1.54, 1.807) is 11.3 Å². The molecule has 16 heavy (non-hydrogen) atoms. The van der Waals surface area contributed by atoms with E-state index in [0.717, 1.165) is 19.4 Å². The summed E-state index contributed by atoms with van der Waals surface area (Å²) in [6, 6.07) is 4.70. The molecule has 0 aromatic carbocycles. The molecular weight excluding hydrogens is 218 g/mol. The Labute approximate surface area is 103 Å². The molecule has 0 aliphatic carbocycles. The van der Waals surface area contributed by atoms with Gasteiger partial charge >= 0.3 is 0 Å². The third-order valence-electron chi connectivity index (χ3n) is 3.31. The molecule has 0 radical (unpaired) electrons. The Morgan fingerprint density at radius 1 is 1.50 bits per heavy atom. The number of aliphatic hydroxyl groups excluding tert-OH is 1. The lowest BCUT2D eigenvalue weighted by Gasteiger charge is -2.28. The maximum absolute atomic E-state index is 9.36. The minimum Gasteiger partial charge on any atom is -0.396 e. The van der Waals surface area contributed by atoms with Crippen LogP contribution < -0.4 is 5.32 Å². The van der Waals surface area contributed by atoms with E-state index in [-0.39, 0.29) is 12.0 Å². The summed E-state index contributed by atoms with van der Waals surface area (Å²) in [7, 11) is 0. The Kier molecular flexibility index (Phi) is 5.46. The van der Waals surface area contributed by atoms with E-state index >= 15 is 0 Å². The van der Waals surface area contributed by atoms with Gasteiger partial charge < -0.3 is 10.4 Å². The zero-order valence-corrected chi connectivity index (χ0v) is 11.3. The van der Waals surface area contributed by atoms with Gasteiger partial charge in [-0.3, -0.25) is 0 Å². The van der Waals surface area contributed by atoms with Crippen molar-refractivity contribution in [1.82, 2.24) is 5.32 Å². The maximum atomic E-state index is 9.36. The van der Waals surface area contributed by atoms with Crippen molar-refractivity contribution in [3.8, 4) is 0 Å². The first-order chi connectivity index (χ1) is 7.65. The van der Waals surface area contributed by atoms with Gasteiger partial charge in [0.1, 0.15) is 0 Å². The number of thiophene rings is 1. The van der Waals surface area contributed by atoms with Crippen LogP contribution in [0.4, 0.5) is 0 Å². The van der Waals surface area contributed by atoms with Gasteiger partial charge in [0.2, 0.25) is 0 Å². The summed E-state index contributed by atoms with van der Waals surface area (Å²) >= 11 is 1.80. The van der Waals surface area contributed by atoms with Crippen LogP contribution in [0.3, 0.4) is 0 Å². The second-order valence-corrected chi connectivity index (χ2v) is 5.66. The van der Waals surface area contributed by atoms with Gasteiger partial charge in [-0.25, -0.2) is 0 Å². The summed E-state index contributed by atoms with van der Waals surface area (Å²) in [6.45, 7) is 7.57. The Bertz CT molecular complexity index is 280. The van der Waals surface area contributed by atoms with Gasteiger partial charge in [-0.05, 0) is 24.3 Å². The zero-order valence-electron chi connectivity index (χ0n) is 10.5. The predicted molar refractivity (Wildman–Crippen MR) is 70.8 cm³/mol. The van der Waals surface area contributed by atoms with Gasteiger partial charge in [0.25, 0.3) is 0 Å². The SMILES string of the molecule is CCC(NCC(C)(CC)CO)c1cccs1. The number of aliphatic hydroxyl groups is 1. The van der Waals surface area contributed by atoms with E-state index in [1.807, 2.05) is 0 Å². The summed E-state index contributed by atoms with van der Waals surface area (Å²) in [5.74, 6) is 0. The zero-order chi connectivity index (χ0) is 12.0. The molecule has 0 amide bonds. The second kappa shape index (κ2) is 6.38. The molecule has 1 rings (SSSR count). The normalized spacial score (nSPS) is 17.0. The fourth-order valence-corrected chi connectivity index (χ4v) is 2.48. The number of nitrogens with one attached hydrogen (secondary N) is 1. The van der Waals surface area contributed by atoms with Crippen molar-refractivity contribution in [3.63, 3.8) is 0 Å². The van der Waals surface area contributed by atoms with E-state index in [9.17, 15) is 5.11 Å². The predicted octanol–water partition coefficient (Wildman–Crippen LogP) is 3.20. The fourth-order valence-electron chi connectivity index (χ4n) is 1.60. The van der Waals surface area contributed by atoms with Crippen LogP contribution in [0.1, 0.15) is 44.5 Å². The van der Waals surface area contributed by atoms with Crippen molar-refractivity contribution in [3.05, 3.63) is 22.4 Å². The second-order valence-electron chi connectivity index (χ2n) is 4.68. The molecule has 2 unspecified atom stereocenters. The number of hydrogen-bond donors (Lipinski definition) is 2. The average Bonchev–Trinajstić information content (AvgIpc) is 2.83. The van der Waals surface area contributed by atoms with Crippen LogP contribution in [-0.2, 0) is 0 Å². The number of rotatable bonds is 7. The molecular formula is C13H23NOS. The highest BCUT2D eigenvalue weighted by atomic mass is 32.1. The van der Waals surface area contributed by atoms with Crippen LogP contribution in [-0.4, -0.2) is 18.3 Å². The van der Waals surface area contributed by atoms with Crippen molar-refractivity contribution in [2.24, 2.45) is 5.41 Å². The molecule has 1 aromatic rings. The molecule has 0 saturated carbocycles. The molecule has 2 atom stereocenters. The molecule has 0 fully saturated rings. The Morgan fingerprint density at radius 2 is 2.25 bits per heavy atom. The summed E-state index contributed by atoms with van der Waals surface area (Å²) < 4.78 is 0. The lowest BCUT2D eigenvalue weighted by atomic mass is 9.88. The van der Waals surface area contributed by atoms with E-state index in [1.165, 1.54) is 4.88 Å². The van der Waals surface area contributed by atoms with Gasteiger partial charge in [0, 0.05) is 29.5 Å². The van der Waals surface area contributed by atoms with Crippen LogP contribution in [0.15, 0.2) is 17.5 Å². The van der Waals surface area contributed by atoms with Crippen molar-refractivity contribution in [1.29, 1.82) is 0 Å². The van der Waals surface area contributed by atoms with Crippen LogP contribution in [0, 0.1) is 5.41 Å². The van der Waals surface area contributed by atoms with Crippen molar-refractivity contribution < 1.29 is 5.11 Å². The van der Waals surface area contributed by atoms with Crippen molar-refractivity contribution >= 4 is 11.3 Å². The topological polar surface area (TPSA) is 32.3 Å². The summed E-state index contributed by atoms with van der Waals surface area (Å²) in [5, 5.41) is 15.0. The highest BCUT2D eigenvalue weighted by Gasteiger charge is 2.22. The quantitative estimate of drug-likeness (QED) is 0.768. The van der Waals surface area contributed by atoms with Gasteiger partial charge in [0.15, 0.2) is 0 Å². The van der Waals surface area contributed by atoms with Crippen LogP contribution in [0.25, 0.3) is 0 Å². The minimum atomic E-state index is 0.00464. The molecule has 2 N–H and O–H groups in total. The summed E-state index contributed by atoms with van der Waals surface area (Å²) in [6.07, 6.45) is 2.09. The molecule has 1 heterocycles. The summed E-state index contributed by atoms with van der Waals surface area (Å²) in [4.78, 5) is 1.39. The lowest BCUT2D eigenvalue weighted by molar-refractivity contribution is 0.131. The van der Waals surface area contributed by atoms with Gasteiger partial charge in [-0.1, -0.05) is 26.8 Å². The molecule has 0 aliphatic rings. The van der Waals surface area contributed by atoms with E-state index in [2.05, 4.69) is 43.6 Å². The Balaban J connectivity index is 2.52. The molecule has 2 nitrogen and oxygen atoms in total. The highest BCUT2D eigenvalue weighted by molar-refractivity contribution is 7.10. The molecule has 3 heteroatoms. The van der Waals surface area contributed by atoms with E-state index < -0.39 is 0 Å². The Morgan fingerprint density at radius 3 is 2.69 bits per heavy atom. The molecule has 0 saturated heterocycles. The van der Waals surface area contributed by atoms with Crippen LogP contribution in [0.5, 0.6) is 0 Å². The third kappa shape index (κ3) is 3.58. The molecule has 0 spiro atoms. The van der Waals surface area contributed by atoms with Crippen molar-refractivity contribution in [2.75, 3.05) is 13.2 Å². The molecule has 0 aliphatic heterocycles. The lowest BCUT2D eigenvalue weighted by Crippen LogP contribution is -2.36. The average molecular weight is 241 g/mol. The first kappa shape index (κ1) is 13.7. The largest absolute Gasteiger partial charge is 0.396 e. The summed E-state index contributed by atoms with van der Waals surface area (Å²) in [5.41, 5.74) is 0.00464. The highest BCUT2D eigenvalue weighted by Crippen LogP contribution is 2.24. The fraction of sp³-hybridized carbons (Fsp3) is 0.692. The standard InChI is InChI=1S/C13H23NOS/c1-4-11(12-7-6-8-16-12)14-9-13(3,5-2)10-15/h6-8,11,14-15H,4-5,9-10H2,1-3H3. The van der Waals surface area contributed by atoms with Crippen molar-refractivity contribution in [2.45, 2.75) is 39.7 Å². The van der Waals surface area contributed by atoms with Gasteiger partial charge in [-0.2, -0.15) is 0 Å². The first-order valence-corrected chi connectivity index (χ1v) is 6.91. The van der Waals surface area contributed by atoms with Gasteiger partial charge in [0.05, 0.1) is 0 Å². The molecule has 0 bridgehead atoms. The van der Waals surface area contributed by atoms with Gasteiger partial charge in [-0.15, -0.1) is 11.3 Å². The maximum Gasteiger partial charge on any atom is 0.0496 e. The monoisotopic (exact) mass is 241 g/mol. The number of hydrogen-bond acceptors (Lipinski definition) is 3.